The van der Waals surface area contributed by atoms with E-state index in [0.29, 0.717) is 6.54 Å². The van der Waals surface area contributed by atoms with E-state index in [1.807, 2.05) is 0 Å². The summed E-state index contributed by atoms with van der Waals surface area (Å²) in [7, 11) is 0. The summed E-state index contributed by atoms with van der Waals surface area (Å²) in [5.74, 6) is -1.03. The average molecular weight is 251 g/mol. The monoisotopic (exact) mass is 251 g/mol. The summed E-state index contributed by atoms with van der Waals surface area (Å²) in [4.78, 5) is 27.6. The zero-order valence-corrected chi connectivity index (χ0v) is 10.5. The first-order valence-electron chi connectivity index (χ1n) is 5.66. The molecule has 0 aromatic carbocycles. The molecule has 1 heterocycles. The van der Waals surface area contributed by atoms with Crippen molar-refractivity contribution in [1.29, 1.82) is 0 Å². The second-order valence-electron chi connectivity index (χ2n) is 4.13. The smallest absolute Gasteiger partial charge is 0.323 e. The number of amides is 2. The van der Waals surface area contributed by atoms with Gasteiger partial charge in [-0.25, -0.2) is 4.79 Å². The van der Waals surface area contributed by atoms with E-state index in [0.717, 1.165) is 5.56 Å². The Kier molecular flexibility index (Phi) is 5.10. The molecule has 0 aliphatic carbocycles. The van der Waals surface area contributed by atoms with E-state index in [4.69, 9.17) is 5.11 Å². The fourth-order valence-corrected chi connectivity index (χ4v) is 1.41. The standard InChI is InChI=1S/C12H17N3O3/c1-9(2)15(8-11(16)17)12(18)14-7-10-3-5-13-6-4-10/h3-6,9H,7-8H2,1-2H3,(H,14,18)(H,16,17). The molecule has 1 rings (SSSR count). The van der Waals surface area contributed by atoms with E-state index < -0.39 is 5.97 Å². The number of carbonyl (C=O) groups excluding carboxylic acids is 1. The van der Waals surface area contributed by atoms with Gasteiger partial charge in [0.05, 0.1) is 0 Å². The van der Waals surface area contributed by atoms with Crippen LogP contribution in [0.25, 0.3) is 0 Å². The number of nitrogens with zero attached hydrogens (tertiary/aromatic N) is 2. The van der Waals surface area contributed by atoms with Gasteiger partial charge < -0.3 is 15.3 Å². The molecule has 0 spiro atoms. The number of hydrogen-bond donors (Lipinski definition) is 2. The van der Waals surface area contributed by atoms with Crippen LogP contribution in [-0.4, -0.2) is 39.6 Å². The fourth-order valence-electron chi connectivity index (χ4n) is 1.41. The topological polar surface area (TPSA) is 82.5 Å². The molecule has 6 heteroatoms. The third-order valence-electron chi connectivity index (χ3n) is 2.38. The Morgan fingerprint density at radius 1 is 1.39 bits per heavy atom. The molecule has 2 N–H and O–H groups in total. The molecule has 2 amide bonds. The first kappa shape index (κ1) is 14.0. The van der Waals surface area contributed by atoms with Gasteiger partial charge in [-0.05, 0) is 31.5 Å². The molecule has 98 valence electrons. The molecule has 0 radical (unpaired) electrons. The van der Waals surface area contributed by atoms with Crippen LogP contribution in [0.2, 0.25) is 0 Å². The molecule has 18 heavy (non-hydrogen) atoms. The van der Waals surface area contributed by atoms with Crippen LogP contribution in [0, 0.1) is 0 Å². The normalized spacial score (nSPS) is 10.2. The van der Waals surface area contributed by atoms with Gasteiger partial charge in [-0.15, -0.1) is 0 Å². The van der Waals surface area contributed by atoms with Crippen molar-refractivity contribution in [2.45, 2.75) is 26.4 Å². The number of aliphatic carboxylic acids is 1. The van der Waals surface area contributed by atoms with Gasteiger partial charge in [0.2, 0.25) is 0 Å². The summed E-state index contributed by atoms with van der Waals surface area (Å²) >= 11 is 0. The van der Waals surface area contributed by atoms with Crippen LogP contribution in [0.3, 0.4) is 0 Å². The number of pyridine rings is 1. The first-order chi connectivity index (χ1) is 8.50. The average Bonchev–Trinajstić information content (AvgIpc) is 2.34. The minimum absolute atomic E-state index is 0.168. The number of nitrogens with one attached hydrogen (secondary N) is 1. The second kappa shape index (κ2) is 6.58. The number of hydrogen-bond acceptors (Lipinski definition) is 3. The third-order valence-corrected chi connectivity index (χ3v) is 2.38. The molecule has 0 fully saturated rings. The van der Waals surface area contributed by atoms with Gasteiger partial charge >= 0.3 is 12.0 Å². The fraction of sp³-hybridized carbons (Fsp3) is 0.417. The molecule has 0 saturated heterocycles. The highest BCUT2D eigenvalue weighted by molar-refractivity contribution is 5.80. The van der Waals surface area contributed by atoms with Crippen molar-refractivity contribution in [2.75, 3.05) is 6.54 Å². The Morgan fingerprint density at radius 3 is 2.50 bits per heavy atom. The Labute approximate surface area is 106 Å². The van der Waals surface area contributed by atoms with Gasteiger partial charge in [0.1, 0.15) is 6.54 Å². The van der Waals surface area contributed by atoms with Crippen LogP contribution in [-0.2, 0) is 11.3 Å². The lowest BCUT2D eigenvalue weighted by molar-refractivity contribution is -0.138. The number of aromatic nitrogens is 1. The van der Waals surface area contributed by atoms with Crippen LogP contribution >= 0.6 is 0 Å². The van der Waals surface area contributed by atoms with E-state index >= 15 is 0 Å². The Morgan fingerprint density at radius 2 is 2.00 bits per heavy atom. The summed E-state index contributed by atoms with van der Waals surface area (Å²) in [5.41, 5.74) is 0.914. The number of rotatable bonds is 5. The molecule has 0 aliphatic rings. The summed E-state index contributed by atoms with van der Waals surface area (Å²) in [6.07, 6.45) is 3.28. The van der Waals surface area contributed by atoms with Gasteiger partial charge in [0, 0.05) is 25.0 Å². The quantitative estimate of drug-likeness (QED) is 0.820. The van der Waals surface area contributed by atoms with Crippen LogP contribution in [0.5, 0.6) is 0 Å². The molecule has 1 aromatic heterocycles. The minimum Gasteiger partial charge on any atom is -0.480 e. The molecule has 0 unspecified atom stereocenters. The highest BCUT2D eigenvalue weighted by Gasteiger charge is 2.19. The predicted molar refractivity (Wildman–Crippen MR) is 66.0 cm³/mol. The highest BCUT2D eigenvalue weighted by atomic mass is 16.4. The summed E-state index contributed by atoms with van der Waals surface area (Å²) in [5, 5.41) is 11.4. The Hall–Kier alpha value is -2.11. The van der Waals surface area contributed by atoms with Crippen molar-refractivity contribution in [3.8, 4) is 0 Å². The lowest BCUT2D eigenvalue weighted by atomic mass is 10.3. The maximum Gasteiger partial charge on any atom is 0.323 e. The zero-order valence-electron chi connectivity index (χ0n) is 10.5. The molecule has 0 bridgehead atoms. The number of carboxylic acids is 1. The van der Waals surface area contributed by atoms with Crippen LogP contribution in [0.4, 0.5) is 4.79 Å². The van der Waals surface area contributed by atoms with E-state index in [1.165, 1.54) is 4.90 Å². The van der Waals surface area contributed by atoms with Gasteiger partial charge in [0.15, 0.2) is 0 Å². The first-order valence-corrected chi connectivity index (χ1v) is 5.66. The highest BCUT2D eigenvalue weighted by Crippen LogP contribution is 2.00. The maximum atomic E-state index is 11.8. The van der Waals surface area contributed by atoms with Crippen LogP contribution in [0.15, 0.2) is 24.5 Å². The molecule has 0 aliphatic heterocycles. The molecule has 0 saturated carbocycles. The van der Waals surface area contributed by atoms with Crippen molar-refractivity contribution in [3.05, 3.63) is 30.1 Å². The van der Waals surface area contributed by atoms with E-state index in [-0.39, 0.29) is 18.6 Å². The van der Waals surface area contributed by atoms with Crippen molar-refractivity contribution in [2.24, 2.45) is 0 Å². The van der Waals surface area contributed by atoms with Gasteiger partial charge in [-0.3, -0.25) is 9.78 Å². The Bertz CT molecular complexity index is 406. The SMILES string of the molecule is CC(C)N(CC(=O)O)C(=O)NCc1ccncc1. The lowest BCUT2D eigenvalue weighted by Crippen LogP contribution is -2.46. The Balaban J connectivity index is 2.54. The number of carboxylic acid groups (broad SMARTS) is 1. The van der Waals surface area contributed by atoms with Crippen LogP contribution in [0.1, 0.15) is 19.4 Å². The molecular formula is C12H17N3O3. The van der Waals surface area contributed by atoms with Crippen molar-refractivity contribution < 1.29 is 14.7 Å². The van der Waals surface area contributed by atoms with Crippen molar-refractivity contribution >= 4 is 12.0 Å². The van der Waals surface area contributed by atoms with Crippen molar-refractivity contribution in [1.82, 2.24) is 15.2 Å². The third kappa shape index (κ3) is 4.40. The number of carbonyl (C=O) groups is 2. The molecular weight excluding hydrogens is 234 g/mol. The molecule has 0 atom stereocenters. The minimum atomic E-state index is -1.03. The van der Waals surface area contributed by atoms with E-state index in [2.05, 4.69) is 10.3 Å². The van der Waals surface area contributed by atoms with E-state index in [9.17, 15) is 9.59 Å². The predicted octanol–water partition coefficient (Wildman–Crippen LogP) is 1.09. The summed E-state index contributed by atoms with van der Waals surface area (Å²) < 4.78 is 0. The van der Waals surface area contributed by atoms with Gasteiger partial charge in [-0.2, -0.15) is 0 Å². The molecule has 6 nitrogen and oxygen atoms in total. The lowest BCUT2D eigenvalue weighted by Gasteiger charge is -2.25. The summed E-state index contributed by atoms with van der Waals surface area (Å²) in [6, 6.07) is 3.02. The maximum absolute atomic E-state index is 11.8. The van der Waals surface area contributed by atoms with Crippen LogP contribution < -0.4 is 5.32 Å². The number of urea groups is 1. The van der Waals surface area contributed by atoms with Gasteiger partial charge in [-0.1, -0.05) is 0 Å². The second-order valence-corrected chi connectivity index (χ2v) is 4.13. The van der Waals surface area contributed by atoms with Gasteiger partial charge in [0.25, 0.3) is 0 Å². The molecule has 1 aromatic rings. The summed E-state index contributed by atoms with van der Waals surface area (Å²) in [6.45, 7) is 3.59. The van der Waals surface area contributed by atoms with E-state index in [1.54, 1.807) is 38.4 Å². The largest absolute Gasteiger partial charge is 0.480 e. The van der Waals surface area contributed by atoms with Crippen molar-refractivity contribution in [3.63, 3.8) is 0 Å². The zero-order chi connectivity index (χ0) is 13.5.